The zero-order chi connectivity index (χ0) is 20.9. The minimum Gasteiger partial charge on any atom is -0.344 e. The normalized spacial score (nSPS) is 22.4. The van der Waals surface area contributed by atoms with Gasteiger partial charge in [0.05, 0.1) is 25.4 Å². The van der Waals surface area contributed by atoms with E-state index in [2.05, 4.69) is 39.8 Å². The molecule has 1 rings (SSSR count). The predicted molar refractivity (Wildman–Crippen MR) is 113 cm³/mol. The average molecular weight is 387 g/mol. The van der Waals surface area contributed by atoms with E-state index in [0.29, 0.717) is 25.0 Å². The summed E-state index contributed by atoms with van der Waals surface area (Å²) in [5, 5.41) is 19.8. The molecule has 0 amide bonds. The van der Waals surface area contributed by atoms with Crippen molar-refractivity contribution in [2.45, 2.75) is 84.8 Å². The number of ether oxygens (including phenoxy) is 2. The van der Waals surface area contributed by atoms with Crippen LogP contribution in [0.5, 0.6) is 0 Å². The second kappa shape index (κ2) is 12.8. The highest BCUT2D eigenvalue weighted by Gasteiger charge is 2.54. The molecule has 28 heavy (non-hydrogen) atoms. The third-order valence-electron chi connectivity index (χ3n) is 5.83. The molecule has 0 saturated carbocycles. The second-order valence-electron chi connectivity index (χ2n) is 7.87. The lowest BCUT2D eigenvalue weighted by atomic mass is 9.78. The van der Waals surface area contributed by atoms with Crippen LogP contribution in [-0.4, -0.2) is 19.0 Å². The van der Waals surface area contributed by atoms with Gasteiger partial charge in [-0.05, 0) is 36.8 Å². The summed E-state index contributed by atoms with van der Waals surface area (Å²) in [7, 11) is 0. The van der Waals surface area contributed by atoms with Gasteiger partial charge in [-0.1, -0.05) is 78.4 Å². The fourth-order valence-corrected chi connectivity index (χ4v) is 3.53. The summed E-state index contributed by atoms with van der Waals surface area (Å²) >= 11 is 0. The quantitative estimate of drug-likeness (QED) is 0.328. The number of hydrogen-bond donors (Lipinski definition) is 0. The summed E-state index contributed by atoms with van der Waals surface area (Å²) in [6, 6.07) is 4.36. The topological polar surface area (TPSA) is 66.0 Å². The molecule has 0 saturated heterocycles. The minimum atomic E-state index is -1.46. The molecule has 0 fully saturated rings. The lowest BCUT2D eigenvalue weighted by molar-refractivity contribution is -0.244. The van der Waals surface area contributed by atoms with Gasteiger partial charge in [0.2, 0.25) is 11.2 Å². The van der Waals surface area contributed by atoms with Crippen LogP contribution >= 0.6 is 0 Å². The molecule has 1 aliphatic rings. The molecular weight excluding hydrogens is 348 g/mol. The largest absolute Gasteiger partial charge is 0.344 e. The Hall–Kier alpha value is -1.62. The van der Waals surface area contributed by atoms with Gasteiger partial charge in [0, 0.05) is 0 Å². The van der Waals surface area contributed by atoms with Gasteiger partial charge in [0.15, 0.2) is 0 Å². The van der Waals surface area contributed by atoms with Crippen molar-refractivity contribution >= 4 is 0 Å². The molecule has 0 aromatic carbocycles. The molecule has 0 aliphatic heterocycles. The van der Waals surface area contributed by atoms with Gasteiger partial charge < -0.3 is 9.47 Å². The maximum Gasteiger partial charge on any atom is 0.224 e. The molecule has 0 spiro atoms. The molecule has 0 bridgehead atoms. The molecular formula is C24H38N2O2. The van der Waals surface area contributed by atoms with Crippen LogP contribution in [0, 0.1) is 39.9 Å². The van der Waals surface area contributed by atoms with Crippen molar-refractivity contribution < 1.29 is 9.47 Å². The molecule has 0 N–H and O–H groups in total. The van der Waals surface area contributed by atoms with Gasteiger partial charge in [0.25, 0.3) is 0 Å². The highest BCUT2D eigenvalue weighted by molar-refractivity contribution is 5.38. The Kier molecular flexibility index (Phi) is 11.1. The smallest absolute Gasteiger partial charge is 0.224 e. The minimum absolute atomic E-state index is 0.400. The van der Waals surface area contributed by atoms with Gasteiger partial charge >= 0.3 is 0 Å². The fourth-order valence-electron chi connectivity index (χ4n) is 3.53. The Morgan fingerprint density at radius 2 is 1.25 bits per heavy atom. The van der Waals surface area contributed by atoms with E-state index in [9.17, 15) is 10.5 Å². The number of nitriles is 2. The lowest BCUT2D eigenvalue weighted by Crippen LogP contribution is -2.51. The van der Waals surface area contributed by atoms with E-state index in [0.717, 1.165) is 51.4 Å². The third-order valence-corrected chi connectivity index (χ3v) is 5.83. The van der Waals surface area contributed by atoms with E-state index < -0.39 is 11.2 Å². The molecule has 1 aliphatic carbocycles. The van der Waals surface area contributed by atoms with Gasteiger partial charge in [-0.2, -0.15) is 10.5 Å². The van der Waals surface area contributed by atoms with Crippen molar-refractivity contribution in [3.8, 4) is 12.1 Å². The first kappa shape index (κ1) is 24.4. The standard InChI is InChI=1S/C24H38N2O2/c1-5-9-13-21(7-3)17-27-24(28-18-22(8-4)14-10-6-2)16-12-11-15-23(24,19-25)20-26/h11-12,15-16,21-22H,5-10,13-14,17-18H2,1-4H3. The van der Waals surface area contributed by atoms with Crippen molar-refractivity contribution in [3.63, 3.8) is 0 Å². The van der Waals surface area contributed by atoms with Gasteiger partial charge in [-0.3, -0.25) is 0 Å². The zero-order valence-electron chi connectivity index (χ0n) is 18.2. The van der Waals surface area contributed by atoms with Crippen LogP contribution in [0.15, 0.2) is 24.3 Å². The van der Waals surface area contributed by atoms with Gasteiger partial charge in [0.1, 0.15) is 0 Å². The molecule has 156 valence electrons. The SMILES string of the molecule is CCCCC(CC)COC1(OCC(CC)CCCC)C=CC=CC1(C#N)C#N. The highest BCUT2D eigenvalue weighted by atomic mass is 16.7. The van der Waals surface area contributed by atoms with Crippen LogP contribution < -0.4 is 0 Å². The van der Waals surface area contributed by atoms with E-state index in [1.807, 2.05) is 6.08 Å². The van der Waals surface area contributed by atoms with E-state index in [1.165, 1.54) is 0 Å². The maximum atomic E-state index is 9.89. The summed E-state index contributed by atoms with van der Waals surface area (Å²) in [6.07, 6.45) is 15.7. The summed E-state index contributed by atoms with van der Waals surface area (Å²) in [5.41, 5.74) is -1.46. The van der Waals surface area contributed by atoms with Gasteiger partial charge in [-0.15, -0.1) is 0 Å². The number of allylic oxidation sites excluding steroid dienone is 2. The number of hydrogen-bond acceptors (Lipinski definition) is 4. The monoisotopic (exact) mass is 386 g/mol. The van der Waals surface area contributed by atoms with E-state index in [4.69, 9.17) is 9.47 Å². The molecule has 2 unspecified atom stereocenters. The Labute approximate surface area is 172 Å². The maximum absolute atomic E-state index is 9.89. The summed E-state index contributed by atoms with van der Waals surface area (Å²) in [5.74, 6) is -0.543. The second-order valence-corrected chi connectivity index (χ2v) is 7.87. The Balaban J connectivity index is 3.03. The van der Waals surface area contributed by atoms with Crippen molar-refractivity contribution in [3.05, 3.63) is 24.3 Å². The van der Waals surface area contributed by atoms with Gasteiger partial charge in [-0.25, -0.2) is 0 Å². The molecule has 0 aromatic heterocycles. The molecule has 4 heteroatoms. The van der Waals surface area contributed by atoms with Crippen LogP contribution in [0.4, 0.5) is 0 Å². The first-order valence-electron chi connectivity index (χ1n) is 11.0. The molecule has 2 atom stereocenters. The van der Waals surface area contributed by atoms with Crippen LogP contribution in [-0.2, 0) is 9.47 Å². The zero-order valence-corrected chi connectivity index (χ0v) is 18.2. The van der Waals surface area contributed by atoms with Crippen molar-refractivity contribution in [2.24, 2.45) is 17.3 Å². The number of rotatable bonds is 14. The van der Waals surface area contributed by atoms with Crippen molar-refractivity contribution in [2.75, 3.05) is 13.2 Å². The molecule has 0 heterocycles. The lowest BCUT2D eigenvalue weighted by Gasteiger charge is -2.41. The van der Waals surface area contributed by atoms with Crippen LogP contribution in [0.3, 0.4) is 0 Å². The predicted octanol–water partition coefficient (Wildman–Crippen LogP) is 6.31. The highest BCUT2D eigenvalue weighted by Crippen LogP contribution is 2.41. The summed E-state index contributed by atoms with van der Waals surface area (Å²) < 4.78 is 12.6. The van der Waals surface area contributed by atoms with Crippen LogP contribution in [0.2, 0.25) is 0 Å². The van der Waals surface area contributed by atoms with Crippen LogP contribution in [0.25, 0.3) is 0 Å². The Bertz CT molecular complexity index is 548. The Morgan fingerprint density at radius 3 is 1.64 bits per heavy atom. The first-order valence-corrected chi connectivity index (χ1v) is 11.0. The van der Waals surface area contributed by atoms with Crippen molar-refractivity contribution in [1.29, 1.82) is 10.5 Å². The first-order chi connectivity index (χ1) is 13.6. The number of nitrogens with zero attached hydrogens (tertiary/aromatic N) is 2. The fraction of sp³-hybridized carbons (Fsp3) is 0.750. The average Bonchev–Trinajstić information content (AvgIpc) is 2.74. The van der Waals surface area contributed by atoms with E-state index in [-0.39, 0.29) is 0 Å². The molecule has 4 nitrogen and oxygen atoms in total. The summed E-state index contributed by atoms with van der Waals surface area (Å²) in [4.78, 5) is 0. The molecule has 0 radical (unpaired) electrons. The van der Waals surface area contributed by atoms with E-state index >= 15 is 0 Å². The number of unbranched alkanes of at least 4 members (excludes halogenated alkanes) is 2. The van der Waals surface area contributed by atoms with Crippen molar-refractivity contribution in [1.82, 2.24) is 0 Å². The Morgan fingerprint density at radius 1 is 0.786 bits per heavy atom. The summed E-state index contributed by atoms with van der Waals surface area (Å²) in [6.45, 7) is 9.67. The molecule has 0 aromatic rings. The third kappa shape index (κ3) is 6.20. The van der Waals surface area contributed by atoms with Crippen LogP contribution in [0.1, 0.15) is 79.1 Å². The van der Waals surface area contributed by atoms with E-state index in [1.54, 1.807) is 18.2 Å².